The Labute approximate surface area is 419 Å². The summed E-state index contributed by atoms with van der Waals surface area (Å²) in [5.74, 6) is -1.26. The van der Waals surface area contributed by atoms with E-state index in [2.05, 4.69) is 56.5 Å². The second kappa shape index (κ2) is 45.9. The third-order valence-corrected chi connectivity index (χ3v) is 12.4. The highest BCUT2D eigenvalue weighted by Gasteiger charge is 2.47. The van der Waals surface area contributed by atoms with Gasteiger partial charge in [0.25, 0.3) is 0 Å². The van der Waals surface area contributed by atoms with E-state index in [0.29, 0.717) is 12.8 Å². The predicted molar refractivity (Wildman–Crippen MR) is 282 cm³/mol. The molecule has 0 saturated carbocycles. The first-order valence-corrected chi connectivity index (χ1v) is 27.4. The van der Waals surface area contributed by atoms with Gasteiger partial charge in [-0.15, -0.1) is 0 Å². The molecule has 11 heteroatoms. The molecule has 0 aliphatic carbocycles. The van der Waals surface area contributed by atoms with E-state index >= 15 is 0 Å². The first-order chi connectivity index (χ1) is 33.7. The molecule has 1 rings (SSSR count). The van der Waals surface area contributed by atoms with Crippen LogP contribution in [0, 0.1) is 0 Å². The summed E-state index contributed by atoms with van der Waals surface area (Å²) in [6.07, 6.45) is 47.7. The smallest absolute Gasteiger partial charge is 0.306 e. The number of hydrogen-bond donors (Lipinski definition) is 6. The molecule has 1 aliphatic rings. The van der Waals surface area contributed by atoms with Crippen molar-refractivity contribution in [2.24, 2.45) is 0 Å². The first-order valence-electron chi connectivity index (χ1n) is 27.4. The highest BCUT2D eigenvalue weighted by molar-refractivity contribution is 5.80. The lowest BCUT2D eigenvalue weighted by Crippen LogP contribution is -2.61. The molecule has 0 bridgehead atoms. The Morgan fingerprint density at radius 3 is 1.61 bits per heavy atom. The molecule has 1 fully saturated rings. The molecule has 1 amide bonds. The molecule has 11 nitrogen and oxygen atoms in total. The molecule has 1 saturated heterocycles. The van der Waals surface area contributed by atoms with Crippen molar-refractivity contribution in [3.05, 3.63) is 85.1 Å². The number of carbonyl (C=O) groups excluding carboxylic acids is 2. The maximum absolute atomic E-state index is 13.3. The van der Waals surface area contributed by atoms with Gasteiger partial charge in [-0.05, 0) is 70.6 Å². The van der Waals surface area contributed by atoms with Crippen molar-refractivity contribution < 1.29 is 49.3 Å². The van der Waals surface area contributed by atoms with Gasteiger partial charge in [0.1, 0.15) is 24.4 Å². The molecule has 1 heterocycles. The van der Waals surface area contributed by atoms with E-state index in [4.69, 9.17) is 14.2 Å². The maximum Gasteiger partial charge on any atom is 0.306 e. The number of aliphatic hydroxyl groups is 5. The van der Waals surface area contributed by atoms with Crippen molar-refractivity contribution in [3.63, 3.8) is 0 Å². The lowest BCUT2D eigenvalue weighted by atomic mass is 9.99. The second-order valence-corrected chi connectivity index (χ2v) is 18.7. The van der Waals surface area contributed by atoms with Crippen LogP contribution in [0.25, 0.3) is 0 Å². The Bertz CT molecular complexity index is 1440. The minimum Gasteiger partial charge on any atom is -0.454 e. The van der Waals surface area contributed by atoms with Crippen LogP contribution in [0.1, 0.15) is 207 Å². The number of allylic oxidation sites excluding steroid dienone is 13. The van der Waals surface area contributed by atoms with Gasteiger partial charge in [-0.3, -0.25) is 9.59 Å². The van der Waals surface area contributed by atoms with Crippen LogP contribution in [-0.2, 0) is 23.8 Å². The number of aliphatic hydroxyl groups excluding tert-OH is 5. The number of esters is 1. The molecule has 0 aromatic carbocycles. The third kappa shape index (κ3) is 34.7. The Morgan fingerprint density at radius 2 is 1.04 bits per heavy atom. The molecule has 396 valence electrons. The van der Waals surface area contributed by atoms with Gasteiger partial charge < -0.3 is 45.1 Å². The Morgan fingerprint density at radius 1 is 0.580 bits per heavy atom. The highest BCUT2D eigenvalue weighted by Crippen LogP contribution is 2.26. The lowest BCUT2D eigenvalue weighted by molar-refractivity contribution is -0.305. The molecule has 6 N–H and O–H groups in total. The normalized spacial score (nSPS) is 20.5. The van der Waals surface area contributed by atoms with E-state index < -0.39 is 67.4 Å². The lowest BCUT2D eigenvalue weighted by Gasteiger charge is -2.41. The van der Waals surface area contributed by atoms with Gasteiger partial charge in [0.15, 0.2) is 12.4 Å². The summed E-state index contributed by atoms with van der Waals surface area (Å²) in [5.41, 5.74) is 0. The molecule has 0 aromatic heterocycles. The van der Waals surface area contributed by atoms with Crippen LogP contribution < -0.4 is 5.32 Å². The molecule has 69 heavy (non-hydrogen) atoms. The van der Waals surface area contributed by atoms with Gasteiger partial charge in [0, 0.05) is 6.42 Å². The van der Waals surface area contributed by atoms with Crippen molar-refractivity contribution in [1.82, 2.24) is 5.32 Å². The van der Waals surface area contributed by atoms with Crippen LogP contribution >= 0.6 is 0 Å². The van der Waals surface area contributed by atoms with Crippen LogP contribution in [-0.4, -0.2) is 99.6 Å². The number of nitrogens with one attached hydrogen (secondary N) is 1. The Hall–Kier alpha value is -3.16. The fourth-order valence-corrected chi connectivity index (χ4v) is 8.00. The molecular formula is C58H99NO10. The average Bonchev–Trinajstić information content (AvgIpc) is 3.34. The minimum atomic E-state index is -1.63. The third-order valence-electron chi connectivity index (χ3n) is 12.4. The van der Waals surface area contributed by atoms with Crippen LogP contribution in [0.4, 0.5) is 0 Å². The predicted octanol–water partition coefficient (Wildman–Crippen LogP) is 11.8. The number of hydrogen-bond acceptors (Lipinski definition) is 10. The largest absolute Gasteiger partial charge is 0.454 e. The van der Waals surface area contributed by atoms with Crippen molar-refractivity contribution in [3.8, 4) is 0 Å². The van der Waals surface area contributed by atoms with Crippen molar-refractivity contribution in [2.75, 3.05) is 13.2 Å². The Balaban J connectivity index is 2.80. The van der Waals surface area contributed by atoms with Crippen LogP contribution in [0.2, 0.25) is 0 Å². The summed E-state index contributed by atoms with van der Waals surface area (Å²) in [6.45, 7) is 5.55. The monoisotopic (exact) mass is 970 g/mol. The molecule has 0 radical (unpaired) electrons. The molecule has 0 aromatic rings. The molecule has 1 aliphatic heterocycles. The topological polar surface area (TPSA) is 175 Å². The quantitative estimate of drug-likeness (QED) is 0.0149. The van der Waals surface area contributed by atoms with Gasteiger partial charge in [-0.1, -0.05) is 215 Å². The fraction of sp³-hybridized carbons (Fsp3) is 0.724. The number of amides is 1. The van der Waals surface area contributed by atoms with Gasteiger partial charge in [0.05, 0.1) is 25.4 Å². The SMILES string of the molecule is CC/C=C/C=C/C=C\C=C/CCCCC(O)C(=O)NC(COC1OC(CO)C(O)C(O)C1OC(=O)CCCCCCCC/C=C/C=C/CCCCC)C(O)/C=C/CCCCCCCCCCCCC. The van der Waals surface area contributed by atoms with Gasteiger partial charge in [-0.2, -0.15) is 0 Å². The number of carbonyl (C=O) groups is 2. The summed E-state index contributed by atoms with van der Waals surface area (Å²) in [4.78, 5) is 26.4. The summed E-state index contributed by atoms with van der Waals surface area (Å²) >= 11 is 0. The summed E-state index contributed by atoms with van der Waals surface area (Å²) in [5, 5.41) is 56.6. The maximum atomic E-state index is 13.3. The zero-order valence-electron chi connectivity index (χ0n) is 43.4. The summed E-state index contributed by atoms with van der Waals surface area (Å²) < 4.78 is 17.5. The van der Waals surface area contributed by atoms with Crippen molar-refractivity contribution in [1.29, 1.82) is 0 Å². The fourth-order valence-electron chi connectivity index (χ4n) is 8.00. The van der Waals surface area contributed by atoms with E-state index in [9.17, 15) is 35.1 Å². The van der Waals surface area contributed by atoms with E-state index in [1.807, 2.05) is 48.6 Å². The number of ether oxygens (including phenoxy) is 3. The van der Waals surface area contributed by atoms with Crippen LogP contribution in [0.3, 0.4) is 0 Å². The van der Waals surface area contributed by atoms with E-state index in [-0.39, 0.29) is 19.4 Å². The average molecular weight is 970 g/mol. The molecular weight excluding hydrogens is 871 g/mol. The summed E-state index contributed by atoms with van der Waals surface area (Å²) in [7, 11) is 0. The zero-order valence-corrected chi connectivity index (χ0v) is 43.4. The first kappa shape index (κ1) is 63.9. The standard InChI is InChI=1S/C58H99NO10/c1-4-7-10-13-16-19-22-25-26-28-31-34-37-40-43-46-53(63)69-56-55(65)54(64)52(47-60)68-58(56)67-48-49(50(61)44-41-38-35-32-30-27-23-20-17-14-11-8-5-2)59-57(66)51(62)45-42-39-36-33-29-24-21-18-15-12-9-6-3/h9,12,15-16,18-19,21-22,24-25,29,33,41,44,49-52,54-56,58,60-62,64-65H,4-8,10-11,13-14,17,20,23,26-28,30-32,34-40,42-43,45-48H2,1-3H3,(H,59,66)/b12-9+,18-15+,19-16+,24-21-,25-22+,33-29-,44-41+. The molecule has 8 atom stereocenters. The Kier molecular flexibility index (Phi) is 42.5. The van der Waals surface area contributed by atoms with E-state index in [0.717, 1.165) is 89.9 Å². The van der Waals surface area contributed by atoms with E-state index in [1.54, 1.807) is 6.08 Å². The molecule has 8 unspecified atom stereocenters. The van der Waals surface area contributed by atoms with Gasteiger partial charge in [0.2, 0.25) is 5.91 Å². The van der Waals surface area contributed by atoms with Crippen LogP contribution in [0.5, 0.6) is 0 Å². The highest BCUT2D eigenvalue weighted by atomic mass is 16.7. The van der Waals surface area contributed by atoms with Crippen molar-refractivity contribution in [2.45, 2.75) is 256 Å². The van der Waals surface area contributed by atoms with Crippen LogP contribution in [0.15, 0.2) is 85.1 Å². The minimum absolute atomic E-state index is 0.101. The van der Waals surface area contributed by atoms with E-state index in [1.165, 1.54) is 70.6 Å². The van der Waals surface area contributed by atoms with Gasteiger partial charge in [-0.25, -0.2) is 0 Å². The second-order valence-electron chi connectivity index (χ2n) is 18.7. The number of unbranched alkanes of at least 4 members (excludes halogenated alkanes) is 22. The summed E-state index contributed by atoms with van der Waals surface area (Å²) in [6, 6.07) is -1.05. The zero-order chi connectivity index (χ0) is 50.4. The number of rotatable bonds is 44. The molecule has 0 spiro atoms. The van der Waals surface area contributed by atoms with Gasteiger partial charge >= 0.3 is 5.97 Å². The van der Waals surface area contributed by atoms with Crippen molar-refractivity contribution >= 4 is 11.9 Å².